The van der Waals surface area contributed by atoms with Crippen LogP contribution in [0.15, 0.2) is 34.8 Å². The van der Waals surface area contributed by atoms with Gasteiger partial charge < -0.3 is 10.2 Å². The van der Waals surface area contributed by atoms with Crippen LogP contribution in [0.3, 0.4) is 0 Å². The van der Waals surface area contributed by atoms with Gasteiger partial charge in [-0.2, -0.15) is 0 Å². The number of piperidine rings is 1. The predicted molar refractivity (Wildman–Crippen MR) is 91.0 cm³/mol. The van der Waals surface area contributed by atoms with Crippen molar-refractivity contribution in [3.05, 3.63) is 40.4 Å². The van der Waals surface area contributed by atoms with Gasteiger partial charge in [0.2, 0.25) is 5.91 Å². The second kappa shape index (κ2) is 8.35. The van der Waals surface area contributed by atoms with Crippen LogP contribution in [0.2, 0.25) is 0 Å². The third kappa shape index (κ3) is 5.64. The lowest BCUT2D eigenvalue weighted by Crippen LogP contribution is -2.40. The number of carbonyl (C=O) groups excluding carboxylic acids is 1. The number of nitrogens with one attached hydrogen (secondary N) is 1. The molecule has 1 unspecified atom stereocenters. The molecule has 0 bridgehead atoms. The number of rotatable bonds is 5. The molecule has 4 heteroatoms. The molecule has 1 aliphatic heterocycles. The molecule has 0 saturated carbocycles. The van der Waals surface area contributed by atoms with Crippen molar-refractivity contribution in [3.8, 4) is 0 Å². The minimum Gasteiger partial charge on any atom is -0.352 e. The number of carbonyl (C=O) groups is 1. The van der Waals surface area contributed by atoms with Gasteiger partial charge in [-0.3, -0.25) is 4.79 Å². The first-order valence-corrected chi connectivity index (χ1v) is 8.40. The number of likely N-dealkylation sites (tertiary alicyclic amines) is 1. The molecule has 0 aromatic heterocycles. The zero-order chi connectivity index (χ0) is 15.1. The summed E-state index contributed by atoms with van der Waals surface area (Å²) >= 11 is 3.40. The summed E-state index contributed by atoms with van der Waals surface area (Å²) in [7, 11) is 0. The zero-order valence-electron chi connectivity index (χ0n) is 12.5. The van der Waals surface area contributed by atoms with Gasteiger partial charge in [0.25, 0.3) is 0 Å². The second-order valence-electron chi connectivity index (χ2n) is 5.53. The van der Waals surface area contributed by atoms with Crippen LogP contribution in [0, 0.1) is 5.92 Å². The van der Waals surface area contributed by atoms with Crippen LogP contribution in [0.4, 0.5) is 0 Å². The number of halogens is 1. The molecule has 1 amide bonds. The smallest absolute Gasteiger partial charge is 0.244 e. The van der Waals surface area contributed by atoms with Crippen molar-refractivity contribution in [1.82, 2.24) is 10.2 Å². The minimum absolute atomic E-state index is 0.00783. The van der Waals surface area contributed by atoms with E-state index in [0.717, 1.165) is 29.7 Å². The molecule has 0 radical (unpaired) electrons. The van der Waals surface area contributed by atoms with E-state index in [1.54, 1.807) is 6.08 Å². The Morgan fingerprint density at radius 3 is 2.90 bits per heavy atom. The van der Waals surface area contributed by atoms with Crippen molar-refractivity contribution in [2.75, 3.05) is 26.2 Å². The molecule has 1 N–H and O–H groups in total. The maximum atomic E-state index is 11.9. The molecule has 1 fully saturated rings. The second-order valence-corrected chi connectivity index (χ2v) is 6.45. The Hall–Kier alpha value is -1.13. The average molecular weight is 351 g/mol. The Balaban J connectivity index is 1.75. The molecule has 2 rings (SSSR count). The Labute approximate surface area is 135 Å². The summed E-state index contributed by atoms with van der Waals surface area (Å²) in [5.74, 6) is 0.579. The van der Waals surface area contributed by atoms with E-state index in [-0.39, 0.29) is 5.91 Å². The average Bonchev–Trinajstić information content (AvgIpc) is 2.52. The fraction of sp³-hybridized carbons (Fsp3) is 0.471. The van der Waals surface area contributed by atoms with E-state index in [1.165, 1.54) is 19.4 Å². The molecule has 1 heterocycles. The molecule has 1 saturated heterocycles. The Morgan fingerprint density at radius 2 is 2.19 bits per heavy atom. The Kier molecular flexibility index (Phi) is 6.46. The molecule has 1 aromatic carbocycles. The van der Waals surface area contributed by atoms with Crippen molar-refractivity contribution in [1.29, 1.82) is 0 Å². The van der Waals surface area contributed by atoms with Gasteiger partial charge in [-0.05, 0) is 55.6 Å². The Morgan fingerprint density at radius 1 is 1.43 bits per heavy atom. The van der Waals surface area contributed by atoms with E-state index in [9.17, 15) is 4.79 Å². The van der Waals surface area contributed by atoms with Gasteiger partial charge in [0.05, 0.1) is 0 Å². The van der Waals surface area contributed by atoms with E-state index in [0.29, 0.717) is 5.92 Å². The molecule has 0 spiro atoms. The van der Waals surface area contributed by atoms with E-state index in [2.05, 4.69) is 33.1 Å². The summed E-state index contributed by atoms with van der Waals surface area (Å²) in [5, 5.41) is 3.02. The van der Waals surface area contributed by atoms with E-state index < -0.39 is 0 Å². The summed E-state index contributed by atoms with van der Waals surface area (Å²) in [6, 6.07) is 7.90. The molecular formula is C17H23BrN2O. The number of amides is 1. The maximum Gasteiger partial charge on any atom is 0.244 e. The van der Waals surface area contributed by atoms with E-state index >= 15 is 0 Å². The van der Waals surface area contributed by atoms with Crippen LogP contribution in [-0.2, 0) is 4.79 Å². The molecular weight excluding hydrogens is 328 g/mol. The van der Waals surface area contributed by atoms with Crippen molar-refractivity contribution in [2.24, 2.45) is 5.92 Å². The number of benzene rings is 1. The van der Waals surface area contributed by atoms with Gasteiger partial charge in [-0.15, -0.1) is 0 Å². The van der Waals surface area contributed by atoms with Crippen molar-refractivity contribution in [2.45, 2.75) is 19.8 Å². The van der Waals surface area contributed by atoms with Crippen molar-refractivity contribution >= 4 is 27.9 Å². The van der Waals surface area contributed by atoms with Crippen molar-refractivity contribution in [3.63, 3.8) is 0 Å². The van der Waals surface area contributed by atoms with Gasteiger partial charge in [-0.25, -0.2) is 0 Å². The van der Waals surface area contributed by atoms with Crippen LogP contribution in [0.5, 0.6) is 0 Å². The minimum atomic E-state index is -0.00783. The monoisotopic (exact) mass is 350 g/mol. The molecule has 1 atom stereocenters. The summed E-state index contributed by atoms with van der Waals surface area (Å²) in [6.07, 6.45) is 5.92. The summed E-state index contributed by atoms with van der Waals surface area (Å²) in [4.78, 5) is 14.3. The van der Waals surface area contributed by atoms with E-state index in [4.69, 9.17) is 0 Å². The first-order chi connectivity index (χ1) is 10.2. The van der Waals surface area contributed by atoms with Crippen LogP contribution < -0.4 is 5.32 Å². The molecule has 114 valence electrons. The number of hydrogen-bond acceptors (Lipinski definition) is 2. The molecule has 3 nitrogen and oxygen atoms in total. The first-order valence-electron chi connectivity index (χ1n) is 7.61. The summed E-state index contributed by atoms with van der Waals surface area (Å²) < 4.78 is 1.04. The lowest BCUT2D eigenvalue weighted by Gasteiger charge is -2.31. The van der Waals surface area contributed by atoms with Gasteiger partial charge in [0.1, 0.15) is 0 Å². The van der Waals surface area contributed by atoms with Gasteiger partial charge in [0.15, 0.2) is 0 Å². The van der Waals surface area contributed by atoms with Crippen LogP contribution in [0.1, 0.15) is 25.3 Å². The normalized spacial score (nSPS) is 19.8. The lowest BCUT2D eigenvalue weighted by atomic mass is 9.98. The zero-order valence-corrected chi connectivity index (χ0v) is 14.1. The van der Waals surface area contributed by atoms with Gasteiger partial charge in [0, 0.05) is 23.6 Å². The number of nitrogens with zero attached hydrogens (tertiary/aromatic N) is 1. The standard InChI is InChI=1S/C17H23BrN2O/c1-2-20-11-3-4-15(13-20)12-19-17(21)10-7-14-5-8-16(18)9-6-14/h5-10,15H,2-4,11-13H2,1H3,(H,19,21)/b10-7+. The SMILES string of the molecule is CCN1CCCC(CNC(=O)/C=C/c2ccc(Br)cc2)C1. The van der Waals surface area contributed by atoms with E-state index in [1.807, 2.05) is 30.3 Å². The predicted octanol–water partition coefficient (Wildman–Crippen LogP) is 3.31. The van der Waals surface area contributed by atoms with Gasteiger partial charge >= 0.3 is 0 Å². The quantitative estimate of drug-likeness (QED) is 0.826. The number of hydrogen-bond donors (Lipinski definition) is 1. The Bertz CT molecular complexity index is 484. The van der Waals surface area contributed by atoms with Crippen LogP contribution in [-0.4, -0.2) is 37.0 Å². The topological polar surface area (TPSA) is 32.3 Å². The largest absolute Gasteiger partial charge is 0.352 e. The highest BCUT2D eigenvalue weighted by molar-refractivity contribution is 9.10. The van der Waals surface area contributed by atoms with Crippen molar-refractivity contribution < 1.29 is 4.79 Å². The summed E-state index contributed by atoms with van der Waals surface area (Å²) in [6.45, 7) is 6.38. The fourth-order valence-electron chi connectivity index (χ4n) is 2.65. The highest BCUT2D eigenvalue weighted by Gasteiger charge is 2.18. The fourth-order valence-corrected chi connectivity index (χ4v) is 2.92. The first kappa shape index (κ1) is 16.2. The third-order valence-corrected chi connectivity index (χ3v) is 4.44. The van der Waals surface area contributed by atoms with Crippen LogP contribution in [0.25, 0.3) is 6.08 Å². The highest BCUT2D eigenvalue weighted by Crippen LogP contribution is 2.15. The summed E-state index contributed by atoms with van der Waals surface area (Å²) in [5.41, 5.74) is 1.03. The maximum absolute atomic E-state index is 11.9. The molecule has 1 aliphatic rings. The molecule has 0 aliphatic carbocycles. The van der Waals surface area contributed by atoms with Crippen LogP contribution >= 0.6 is 15.9 Å². The molecule has 1 aromatic rings. The molecule has 21 heavy (non-hydrogen) atoms. The van der Waals surface area contributed by atoms with Gasteiger partial charge in [-0.1, -0.05) is 35.0 Å². The highest BCUT2D eigenvalue weighted by atomic mass is 79.9. The third-order valence-electron chi connectivity index (χ3n) is 3.91. The lowest BCUT2D eigenvalue weighted by molar-refractivity contribution is -0.116.